The number of amides is 1. The van der Waals surface area contributed by atoms with Crippen molar-refractivity contribution < 1.29 is 6.22 Å². The van der Waals surface area contributed by atoms with Crippen molar-refractivity contribution in [2.45, 2.75) is 13.3 Å². The molecule has 84 valence electrons. The zero-order valence-electron chi connectivity index (χ0n) is 9.25. The van der Waals surface area contributed by atoms with Gasteiger partial charge in [0.2, 0.25) is 5.91 Å². The van der Waals surface area contributed by atoms with Crippen LogP contribution in [0.1, 0.15) is 14.8 Å². The number of hydrogen-bond acceptors (Lipinski definition) is 3. The molecule has 1 amide bonds. The summed E-state index contributed by atoms with van der Waals surface area (Å²) in [5.41, 5.74) is 0. The van der Waals surface area contributed by atoms with E-state index in [0.717, 1.165) is 39.3 Å². The molecule has 4 nitrogen and oxygen atoms in total. The molecule has 1 heterocycles. The molecule has 0 bridgehead atoms. The van der Waals surface area contributed by atoms with Crippen molar-refractivity contribution in [1.82, 2.24) is 15.1 Å². The van der Waals surface area contributed by atoms with E-state index in [9.17, 15) is 4.79 Å². The summed E-state index contributed by atoms with van der Waals surface area (Å²) in [7, 11) is 1.88. The molecule has 0 aromatic rings. The number of nitrogens with zero attached hydrogens (tertiary/aromatic N) is 2. The molecule has 0 aromatic heterocycles. The Bertz CT molecular complexity index is 182. The third-order valence-electron chi connectivity index (χ3n) is 2.76. The molecule has 0 atom stereocenters. The molecule has 0 saturated carbocycles. The molecule has 1 aliphatic rings. The summed E-state index contributed by atoms with van der Waals surface area (Å²) in [6.45, 7) is 7.90. The fraction of sp³-hybridized carbons (Fsp3) is 0.900. The van der Waals surface area contributed by atoms with Crippen molar-refractivity contribution in [1.29, 1.82) is 0 Å². The Morgan fingerprint density at radius 2 is 2.00 bits per heavy atom. The summed E-state index contributed by atoms with van der Waals surface area (Å²) in [6.07, 6.45) is 0.628. The quantitative estimate of drug-likeness (QED) is 0.696. The Morgan fingerprint density at radius 3 is 2.50 bits per heavy atom. The van der Waals surface area contributed by atoms with Crippen molar-refractivity contribution in [2.75, 3.05) is 46.3 Å². The molecule has 14 heavy (non-hydrogen) atoms. The van der Waals surface area contributed by atoms with E-state index >= 15 is 0 Å². The maximum atomic E-state index is 11.6. The minimum absolute atomic E-state index is 0. The monoisotopic (exact) mass is 201 g/mol. The van der Waals surface area contributed by atoms with Gasteiger partial charge in [-0.3, -0.25) is 4.79 Å². The topological polar surface area (TPSA) is 35.6 Å². The van der Waals surface area contributed by atoms with Gasteiger partial charge in [0.05, 0.1) is 0 Å². The van der Waals surface area contributed by atoms with Crippen molar-refractivity contribution in [2.24, 2.45) is 0 Å². The highest BCUT2D eigenvalue weighted by Gasteiger charge is 2.19. The Kier molecular flexibility index (Phi) is 4.90. The molecular weight excluding hydrogens is 178 g/mol. The Balaban J connectivity index is 0.00000196. The van der Waals surface area contributed by atoms with Crippen LogP contribution in [0, 0.1) is 0 Å². The largest absolute Gasteiger partial charge is 0.340 e. The van der Waals surface area contributed by atoms with Crippen molar-refractivity contribution in [3.63, 3.8) is 0 Å². The van der Waals surface area contributed by atoms with Gasteiger partial charge in [-0.2, -0.15) is 0 Å². The zero-order chi connectivity index (χ0) is 10.4. The summed E-state index contributed by atoms with van der Waals surface area (Å²) in [6, 6.07) is 0. The van der Waals surface area contributed by atoms with Gasteiger partial charge in [0, 0.05) is 40.6 Å². The second kappa shape index (κ2) is 5.98. The van der Waals surface area contributed by atoms with E-state index in [2.05, 4.69) is 17.1 Å². The lowest BCUT2D eigenvalue weighted by molar-refractivity contribution is -0.132. The van der Waals surface area contributed by atoms with Gasteiger partial charge >= 0.3 is 0 Å². The van der Waals surface area contributed by atoms with Gasteiger partial charge in [0.25, 0.3) is 0 Å². The molecule has 4 heteroatoms. The van der Waals surface area contributed by atoms with Crippen molar-refractivity contribution >= 4 is 5.91 Å². The highest BCUT2D eigenvalue weighted by Crippen LogP contribution is 2.02. The van der Waals surface area contributed by atoms with Crippen LogP contribution in [0.5, 0.6) is 0 Å². The second-order valence-corrected chi connectivity index (χ2v) is 3.67. The van der Waals surface area contributed by atoms with E-state index in [1.165, 1.54) is 0 Å². The number of carbonyl (C=O) groups is 1. The normalized spacial score (nSPS) is 18.6. The van der Waals surface area contributed by atoms with E-state index in [1.807, 2.05) is 11.9 Å². The number of likely N-dealkylation sites (N-methyl/N-ethyl adjacent to an activating group) is 1. The van der Waals surface area contributed by atoms with Crippen molar-refractivity contribution in [3.05, 3.63) is 0 Å². The summed E-state index contributed by atoms with van der Waals surface area (Å²) in [5, 5.41) is 3.00. The standard InChI is InChI=1S/C10H21N3O.H2/c1-3-12-6-8-13(9-7-12)10(14)4-5-11-2;/h11H,3-9H2,1-2H3;1H. The highest BCUT2D eigenvalue weighted by atomic mass is 16.2. The predicted octanol–water partition coefficient (Wildman–Crippen LogP) is 0.00600. The highest BCUT2D eigenvalue weighted by molar-refractivity contribution is 5.76. The number of piperazine rings is 1. The molecule has 0 aromatic carbocycles. The molecule has 1 fully saturated rings. The van der Waals surface area contributed by atoms with Crippen LogP contribution in [-0.2, 0) is 4.79 Å². The Labute approximate surface area is 87.7 Å². The minimum Gasteiger partial charge on any atom is -0.340 e. The Morgan fingerprint density at radius 1 is 1.36 bits per heavy atom. The van der Waals surface area contributed by atoms with Gasteiger partial charge in [0.1, 0.15) is 0 Å². The fourth-order valence-corrected chi connectivity index (χ4v) is 1.70. The van der Waals surface area contributed by atoms with Crippen molar-refractivity contribution in [3.8, 4) is 0 Å². The SMILES string of the molecule is CCN1CCN(C(=O)CCNC)CC1.[HH]. The predicted molar refractivity (Wildman–Crippen MR) is 59.4 cm³/mol. The fourth-order valence-electron chi connectivity index (χ4n) is 1.70. The molecule has 1 aliphatic heterocycles. The smallest absolute Gasteiger partial charge is 0.223 e. The molecule has 0 radical (unpaired) electrons. The third kappa shape index (κ3) is 3.27. The molecule has 1 saturated heterocycles. The first-order valence-electron chi connectivity index (χ1n) is 5.42. The van der Waals surface area contributed by atoms with E-state index < -0.39 is 0 Å². The number of carbonyl (C=O) groups excluding carboxylic acids is 1. The number of rotatable bonds is 4. The molecule has 1 N–H and O–H groups in total. The molecule has 0 unspecified atom stereocenters. The molecule has 0 aliphatic carbocycles. The van der Waals surface area contributed by atoms with Gasteiger partial charge in [-0.1, -0.05) is 6.92 Å². The van der Waals surface area contributed by atoms with Gasteiger partial charge in [-0.15, -0.1) is 0 Å². The maximum Gasteiger partial charge on any atom is 0.223 e. The molecular formula is C10H23N3O. The van der Waals surface area contributed by atoms with Crippen LogP contribution in [-0.4, -0.2) is 62.0 Å². The van der Waals surface area contributed by atoms with Crippen LogP contribution in [0.2, 0.25) is 0 Å². The van der Waals surface area contributed by atoms with Crippen LogP contribution in [0.25, 0.3) is 0 Å². The van der Waals surface area contributed by atoms with Gasteiger partial charge in [0.15, 0.2) is 0 Å². The first-order valence-corrected chi connectivity index (χ1v) is 5.42. The first kappa shape index (κ1) is 11.5. The van der Waals surface area contributed by atoms with E-state index in [1.54, 1.807) is 0 Å². The van der Waals surface area contributed by atoms with Gasteiger partial charge < -0.3 is 15.1 Å². The lowest BCUT2D eigenvalue weighted by Crippen LogP contribution is -2.48. The van der Waals surface area contributed by atoms with E-state index in [4.69, 9.17) is 0 Å². The summed E-state index contributed by atoms with van der Waals surface area (Å²) < 4.78 is 0. The summed E-state index contributed by atoms with van der Waals surface area (Å²) in [5.74, 6) is 0.287. The molecule has 0 spiro atoms. The zero-order valence-corrected chi connectivity index (χ0v) is 9.25. The van der Waals surface area contributed by atoms with Gasteiger partial charge in [-0.05, 0) is 13.6 Å². The summed E-state index contributed by atoms with van der Waals surface area (Å²) >= 11 is 0. The number of hydrogen-bond donors (Lipinski definition) is 1. The molecule has 1 rings (SSSR count). The second-order valence-electron chi connectivity index (χ2n) is 3.67. The van der Waals surface area contributed by atoms with Crippen LogP contribution in [0.15, 0.2) is 0 Å². The average molecular weight is 201 g/mol. The lowest BCUT2D eigenvalue weighted by atomic mass is 10.3. The van der Waals surface area contributed by atoms with Crippen LogP contribution in [0.4, 0.5) is 0 Å². The third-order valence-corrected chi connectivity index (χ3v) is 2.76. The van der Waals surface area contributed by atoms with Crippen LogP contribution in [0.3, 0.4) is 0 Å². The van der Waals surface area contributed by atoms with E-state index in [0.29, 0.717) is 6.42 Å². The van der Waals surface area contributed by atoms with Crippen LogP contribution >= 0.6 is 0 Å². The first-order chi connectivity index (χ1) is 6.77. The summed E-state index contributed by atoms with van der Waals surface area (Å²) in [4.78, 5) is 16.0. The van der Waals surface area contributed by atoms with Gasteiger partial charge in [-0.25, -0.2) is 0 Å². The average Bonchev–Trinajstić information content (AvgIpc) is 2.26. The number of nitrogens with one attached hydrogen (secondary N) is 1. The Hall–Kier alpha value is -0.610. The lowest BCUT2D eigenvalue weighted by Gasteiger charge is -2.34. The maximum absolute atomic E-state index is 11.6. The minimum atomic E-state index is 0. The van der Waals surface area contributed by atoms with E-state index in [-0.39, 0.29) is 7.33 Å². The van der Waals surface area contributed by atoms with Crippen LogP contribution < -0.4 is 5.32 Å².